The summed E-state index contributed by atoms with van der Waals surface area (Å²) in [6, 6.07) is 0. The van der Waals surface area contributed by atoms with Crippen LogP contribution in [0.2, 0.25) is 0 Å². The second-order valence-corrected chi connectivity index (χ2v) is 4.62. The van der Waals surface area contributed by atoms with Gasteiger partial charge in [0.1, 0.15) is 0 Å². The first-order chi connectivity index (χ1) is 7.34. The average Bonchev–Trinajstić information content (AvgIpc) is 2.86. The summed E-state index contributed by atoms with van der Waals surface area (Å²) in [6.07, 6.45) is 10.4. The van der Waals surface area contributed by atoms with E-state index in [0.29, 0.717) is 11.0 Å². The van der Waals surface area contributed by atoms with E-state index >= 15 is 0 Å². The van der Waals surface area contributed by atoms with Crippen LogP contribution in [0.25, 0.3) is 0 Å². The Morgan fingerprint density at radius 2 is 2.33 bits per heavy atom. The quantitative estimate of drug-likeness (QED) is 0.799. The molecule has 0 unspecified atom stereocenters. The Morgan fingerprint density at radius 3 is 3.00 bits per heavy atom. The summed E-state index contributed by atoms with van der Waals surface area (Å²) in [6.45, 7) is 0. The predicted octanol–water partition coefficient (Wildman–Crippen LogP) is 2.83. The summed E-state index contributed by atoms with van der Waals surface area (Å²) in [5.41, 5.74) is 0. The average molecular weight is 222 g/mol. The van der Waals surface area contributed by atoms with Crippen molar-refractivity contribution in [1.29, 1.82) is 0 Å². The minimum atomic E-state index is -0.0724. The highest BCUT2D eigenvalue weighted by Crippen LogP contribution is 2.25. The highest BCUT2D eigenvalue weighted by Gasteiger charge is 2.11. The van der Waals surface area contributed by atoms with Gasteiger partial charge in [-0.2, -0.15) is 0 Å². The van der Waals surface area contributed by atoms with Crippen LogP contribution in [0.1, 0.15) is 25.7 Å². The van der Waals surface area contributed by atoms with Gasteiger partial charge in [0, 0.05) is 11.6 Å². The van der Waals surface area contributed by atoms with Crippen LogP contribution >= 0.6 is 11.3 Å². The second-order valence-electron chi connectivity index (χ2n) is 3.73. The van der Waals surface area contributed by atoms with Crippen molar-refractivity contribution in [1.82, 2.24) is 4.98 Å². The number of hydrogen-bond donors (Lipinski definition) is 1. The molecule has 4 heteroatoms. The Bertz CT molecular complexity index is 339. The molecule has 1 fully saturated rings. The van der Waals surface area contributed by atoms with E-state index in [4.69, 9.17) is 0 Å². The molecule has 0 saturated heterocycles. The van der Waals surface area contributed by atoms with Crippen molar-refractivity contribution >= 4 is 22.4 Å². The van der Waals surface area contributed by atoms with Crippen LogP contribution in [0.4, 0.5) is 5.13 Å². The number of thiazole rings is 1. The summed E-state index contributed by atoms with van der Waals surface area (Å²) in [7, 11) is 0. The fourth-order valence-electron chi connectivity index (χ4n) is 1.81. The first kappa shape index (κ1) is 10.4. The van der Waals surface area contributed by atoms with Gasteiger partial charge in [0.2, 0.25) is 5.91 Å². The normalized spacial score (nSPS) is 17.3. The molecule has 3 nitrogen and oxygen atoms in total. The van der Waals surface area contributed by atoms with Crippen molar-refractivity contribution in [2.45, 2.75) is 25.7 Å². The van der Waals surface area contributed by atoms with Crippen molar-refractivity contribution in [2.24, 2.45) is 5.92 Å². The zero-order valence-electron chi connectivity index (χ0n) is 8.48. The Kier molecular flexibility index (Phi) is 3.50. The molecule has 0 bridgehead atoms. The molecule has 15 heavy (non-hydrogen) atoms. The summed E-state index contributed by atoms with van der Waals surface area (Å²) >= 11 is 1.43. The molecular formula is C11H14N2OS. The first-order valence-corrected chi connectivity index (χ1v) is 6.11. The topological polar surface area (TPSA) is 42.0 Å². The second kappa shape index (κ2) is 5.07. The zero-order valence-corrected chi connectivity index (χ0v) is 9.30. The molecule has 0 radical (unpaired) electrons. The van der Waals surface area contributed by atoms with Gasteiger partial charge in [0.25, 0.3) is 0 Å². The molecule has 1 N–H and O–H groups in total. The predicted molar refractivity (Wildman–Crippen MR) is 61.8 cm³/mol. The molecule has 1 aliphatic carbocycles. The maximum absolute atomic E-state index is 11.4. The van der Waals surface area contributed by atoms with E-state index in [9.17, 15) is 4.79 Å². The highest BCUT2D eigenvalue weighted by atomic mass is 32.1. The number of allylic oxidation sites excluding steroid dienone is 1. The van der Waals surface area contributed by atoms with E-state index in [1.807, 2.05) is 11.5 Å². The summed E-state index contributed by atoms with van der Waals surface area (Å²) in [5.74, 6) is 0.531. The zero-order chi connectivity index (χ0) is 10.5. The van der Waals surface area contributed by atoms with Crippen molar-refractivity contribution in [2.75, 3.05) is 5.32 Å². The molecule has 1 saturated carbocycles. The lowest BCUT2D eigenvalue weighted by Gasteiger charge is -2.00. The Hall–Kier alpha value is -1.16. The third-order valence-electron chi connectivity index (χ3n) is 2.58. The molecule has 0 spiro atoms. The van der Waals surface area contributed by atoms with E-state index in [1.165, 1.54) is 37.0 Å². The number of nitrogens with zero attached hydrogens (tertiary/aromatic N) is 1. The van der Waals surface area contributed by atoms with Crippen LogP contribution < -0.4 is 5.32 Å². The van der Waals surface area contributed by atoms with Gasteiger partial charge in [-0.05, 0) is 24.8 Å². The van der Waals surface area contributed by atoms with Gasteiger partial charge in [0.15, 0.2) is 5.13 Å². The number of nitrogens with one attached hydrogen (secondary N) is 1. The van der Waals surface area contributed by atoms with Gasteiger partial charge in [-0.25, -0.2) is 4.98 Å². The lowest BCUT2D eigenvalue weighted by molar-refractivity contribution is -0.111. The van der Waals surface area contributed by atoms with E-state index in [1.54, 1.807) is 12.3 Å². The van der Waals surface area contributed by atoms with Gasteiger partial charge in [0.05, 0.1) is 0 Å². The van der Waals surface area contributed by atoms with Gasteiger partial charge in [-0.3, -0.25) is 10.1 Å². The van der Waals surface area contributed by atoms with Gasteiger partial charge < -0.3 is 0 Å². The van der Waals surface area contributed by atoms with Crippen molar-refractivity contribution in [3.05, 3.63) is 23.7 Å². The smallest absolute Gasteiger partial charge is 0.249 e. The third kappa shape index (κ3) is 3.16. The maximum Gasteiger partial charge on any atom is 0.249 e. The minimum absolute atomic E-state index is 0.0724. The van der Waals surface area contributed by atoms with E-state index in [0.717, 1.165) is 0 Å². The van der Waals surface area contributed by atoms with Crippen LogP contribution in [0.15, 0.2) is 23.7 Å². The third-order valence-corrected chi connectivity index (χ3v) is 3.27. The monoisotopic (exact) mass is 222 g/mol. The molecule has 80 valence electrons. The number of amides is 1. The number of aromatic nitrogens is 1. The Morgan fingerprint density at radius 1 is 1.53 bits per heavy atom. The van der Waals surface area contributed by atoms with Crippen LogP contribution in [0, 0.1) is 5.92 Å². The largest absolute Gasteiger partial charge is 0.298 e. The number of rotatable bonds is 3. The van der Waals surface area contributed by atoms with Crippen LogP contribution in [-0.2, 0) is 4.79 Å². The molecule has 1 amide bonds. The lowest BCUT2D eigenvalue weighted by Crippen LogP contribution is -2.07. The number of carbonyl (C=O) groups excluding carboxylic acids is 1. The fourth-order valence-corrected chi connectivity index (χ4v) is 2.34. The molecule has 1 heterocycles. The van der Waals surface area contributed by atoms with E-state index in [2.05, 4.69) is 10.3 Å². The number of anilines is 1. The Balaban J connectivity index is 1.81. The summed E-state index contributed by atoms with van der Waals surface area (Å²) in [4.78, 5) is 15.4. The maximum atomic E-state index is 11.4. The molecule has 0 aromatic carbocycles. The van der Waals surface area contributed by atoms with E-state index < -0.39 is 0 Å². The van der Waals surface area contributed by atoms with Crippen molar-refractivity contribution < 1.29 is 4.79 Å². The molecule has 1 aliphatic rings. The van der Waals surface area contributed by atoms with Crippen molar-refractivity contribution in [3.63, 3.8) is 0 Å². The summed E-state index contributed by atoms with van der Waals surface area (Å²) < 4.78 is 0. The summed E-state index contributed by atoms with van der Waals surface area (Å²) in [5, 5.41) is 5.23. The molecule has 1 aromatic rings. The molecular weight excluding hydrogens is 208 g/mol. The highest BCUT2D eigenvalue weighted by molar-refractivity contribution is 7.13. The fraction of sp³-hybridized carbons (Fsp3) is 0.455. The molecule has 0 atom stereocenters. The van der Waals surface area contributed by atoms with Crippen LogP contribution in [0.3, 0.4) is 0 Å². The molecule has 0 aliphatic heterocycles. The molecule has 1 aromatic heterocycles. The lowest BCUT2D eigenvalue weighted by atomic mass is 10.1. The van der Waals surface area contributed by atoms with Crippen molar-refractivity contribution in [3.8, 4) is 0 Å². The van der Waals surface area contributed by atoms with Gasteiger partial charge >= 0.3 is 0 Å². The van der Waals surface area contributed by atoms with Crippen LogP contribution in [-0.4, -0.2) is 10.9 Å². The standard InChI is InChI=1S/C11H14N2OS/c14-10(13-11-12-7-8-15-11)6-5-9-3-1-2-4-9/h5-9H,1-4H2,(H,12,13,14). The van der Waals surface area contributed by atoms with Crippen LogP contribution in [0.5, 0.6) is 0 Å². The molecule has 2 rings (SSSR count). The number of hydrogen-bond acceptors (Lipinski definition) is 3. The first-order valence-electron chi connectivity index (χ1n) is 5.23. The Labute approximate surface area is 93.2 Å². The van der Waals surface area contributed by atoms with Gasteiger partial charge in [-0.1, -0.05) is 18.9 Å². The van der Waals surface area contributed by atoms with Gasteiger partial charge in [-0.15, -0.1) is 11.3 Å². The SMILES string of the molecule is O=C(C=CC1CCCC1)Nc1nccs1. The number of carbonyl (C=O) groups is 1. The minimum Gasteiger partial charge on any atom is -0.298 e. The van der Waals surface area contributed by atoms with E-state index in [-0.39, 0.29) is 5.91 Å².